The molecule has 20 heavy (non-hydrogen) atoms. The molecule has 0 unspecified atom stereocenters. The van der Waals surface area contributed by atoms with Crippen molar-refractivity contribution in [2.45, 2.75) is 6.92 Å². The van der Waals surface area contributed by atoms with Crippen molar-refractivity contribution >= 4 is 40.7 Å². The SMILES string of the molecule is CCOC(=O)C1=C(c2ccc(Cl)cc2Cl)CNNC1=O. The maximum atomic E-state index is 11.9. The predicted molar refractivity (Wildman–Crippen MR) is 76.2 cm³/mol. The van der Waals surface area contributed by atoms with Crippen molar-refractivity contribution in [1.82, 2.24) is 10.9 Å². The summed E-state index contributed by atoms with van der Waals surface area (Å²) in [5, 5.41) is 0.844. The summed E-state index contributed by atoms with van der Waals surface area (Å²) < 4.78 is 4.91. The zero-order valence-corrected chi connectivity index (χ0v) is 12.1. The minimum atomic E-state index is -0.674. The van der Waals surface area contributed by atoms with E-state index in [2.05, 4.69) is 10.9 Å². The van der Waals surface area contributed by atoms with E-state index in [-0.39, 0.29) is 18.7 Å². The van der Waals surface area contributed by atoms with Crippen molar-refractivity contribution in [3.63, 3.8) is 0 Å². The molecule has 7 heteroatoms. The van der Waals surface area contributed by atoms with Crippen molar-refractivity contribution in [3.8, 4) is 0 Å². The highest BCUT2D eigenvalue weighted by atomic mass is 35.5. The minimum absolute atomic E-state index is 0.0465. The number of benzene rings is 1. The molecule has 0 radical (unpaired) electrons. The van der Waals surface area contributed by atoms with E-state index >= 15 is 0 Å². The zero-order valence-electron chi connectivity index (χ0n) is 10.6. The van der Waals surface area contributed by atoms with Gasteiger partial charge in [-0.25, -0.2) is 10.2 Å². The van der Waals surface area contributed by atoms with Gasteiger partial charge in [-0.2, -0.15) is 0 Å². The lowest BCUT2D eigenvalue weighted by molar-refractivity contribution is -0.140. The van der Waals surface area contributed by atoms with Gasteiger partial charge in [0.2, 0.25) is 0 Å². The van der Waals surface area contributed by atoms with Crippen molar-refractivity contribution in [2.75, 3.05) is 13.2 Å². The van der Waals surface area contributed by atoms with Crippen LogP contribution in [0, 0.1) is 0 Å². The van der Waals surface area contributed by atoms with Gasteiger partial charge in [0.25, 0.3) is 5.91 Å². The van der Waals surface area contributed by atoms with Gasteiger partial charge >= 0.3 is 5.97 Å². The highest BCUT2D eigenvalue weighted by Gasteiger charge is 2.29. The van der Waals surface area contributed by atoms with Gasteiger partial charge in [-0.15, -0.1) is 0 Å². The summed E-state index contributed by atoms with van der Waals surface area (Å²) in [5.41, 5.74) is 6.09. The Bertz CT molecular complexity index is 599. The van der Waals surface area contributed by atoms with Crippen LogP contribution in [-0.2, 0) is 14.3 Å². The lowest BCUT2D eigenvalue weighted by atomic mass is 9.98. The number of ether oxygens (including phenoxy) is 1. The molecule has 0 fully saturated rings. The van der Waals surface area contributed by atoms with Gasteiger partial charge in [0.15, 0.2) is 0 Å². The molecule has 0 bridgehead atoms. The number of hydrazine groups is 1. The standard InChI is InChI=1S/C13H12Cl2N2O3/c1-2-20-13(19)11-9(6-16-17-12(11)18)8-4-3-7(14)5-10(8)15/h3-5,16H,2,6H2,1H3,(H,17,18). The molecule has 0 saturated carbocycles. The molecule has 2 N–H and O–H groups in total. The van der Waals surface area contributed by atoms with Gasteiger partial charge < -0.3 is 4.74 Å². The van der Waals surface area contributed by atoms with E-state index in [0.717, 1.165) is 0 Å². The molecule has 0 aliphatic carbocycles. The van der Waals surface area contributed by atoms with Gasteiger partial charge in [0.05, 0.1) is 6.61 Å². The van der Waals surface area contributed by atoms with Crippen LogP contribution in [0.15, 0.2) is 23.8 Å². The molecular weight excluding hydrogens is 303 g/mol. The van der Waals surface area contributed by atoms with Crippen molar-refractivity contribution in [3.05, 3.63) is 39.4 Å². The van der Waals surface area contributed by atoms with Crippen LogP contribution < -0.4 is 10.9 Å². The number of rotatable bonds is 3. The van der Waals surface area contributed by atoms with Crippen LogP contribution in [0.5, 0.6) is 0 Å². The fraction of sp³-hybridized carbons (Fsp3) is 0.231. The summed E-state index contributed by atoms with van der Waals surface area (Å²) >= 11 is 12.0. The third kappa shape index (κ3) is 2.95. The van der Waals surface area contributed by atoms with Gasteiger partial charge in [-0.05, 0) is 30.2 Å². The highest BCUT2D eigenvalue weighted by Crippen LogP contribution is 2.30. The average molecular weight is 315 g/mol. The smallest absolute Gasteiger partial charge is 0.344 e. The molecule has 1 amide bonds. The summed E-state index contributed by atoms with van der Waals surface area (Å²) in [6, 6.07) is 4.87. The molecule has 1 aromatic carbocycles. The average Bonchev–Trinajstić information content (AvgIpc) is 2.38. The maximum Gasteiger partial charge on any atom is 0.344 e. The Morgan fingerprint density at radius 1 is 1.40 bits per heavy atom. The number of carbonyl (C=O) groups is 2. The number of carbonyl (C=O) groups excluding carboxylic acids is 2. The molecule has 0 saturated heterocycles. The predicted octanol–water partition coefficient (Wildman–Crippen LogP) is 1.94. The van der Waals surface area contributed by atoms with E-state index in [9.17, 15) is 9.59 Å². The quantitative estimate of drug-likeness (QED) is 0.661. The monoisotopic (exact) mass is 314 g/mol. The van der Waals surface area contributed by atoms with E-state index in [1.807, 2.05) is 0 Å². The van der Waals surface area contributed by atoms with Crippen LogP contribution in [0.4, 0.5) is 0 Å². The Labute approximate surface area is 125 Å². The third-order valence-electron chi connectivity index (χ3n) is 2.73. The van der Waals surface area contributed by atoms with Crippen LogP contribution in [0.3, 0.4) is 0 Å². The largest absolute Gasteiger partial charge is 0.462 e. The molecule has 1 heterocycles. The fourth-order valence-corrected chi connectivity index (χ4v) is 2.41. The molecule has 2 rings (SSSR count). The van der Waals surface area contributed by atoms with Crippen molar-refractivity contribution in [2.24, 2.45) is 0 Å². The number of hydrogen-bond donors (Lipinski definition) is 2. The number of halogens is 2. The first kappa shape index (κ1) is 14.8. The second kappa shape index (κ2) is 6.26. The second-order valence-electron chi connectivity index (χ2n) is 4.01. The zero-order chi connectivity index (χ0) is 14.7. The number of hydrogen-bond acceptors (Lipinski definition) is 4. The van der Waals surface area contributed by atoms with Crippen LogP contribution in [0.25, 0.3) is 5.57 Å². The van der Waals surface area contributed by atoms with E-state index < -0.39 is 11.9 Å². The summed E-state index contributed by atoms with van der Waals surface area (Å²) in [4.78, 5) is 23.8. The Morgan fingerprint density at radius 2 is 2.15 bits per heavy atom. The maximum absolute atomic E-state index is 11.9. The number of nitrogens with one attached hydrogen (secondary N) is 2. The molecule has 0 atom stereocenters. The molecule has 106 valence electrons. The van der Waals surface area contributed by atoms with Crippen LogP contribution in [-0.4, -0.2) is 25.0 Å². The normalized spacial score (nSPS) is 15.1. The fourth-order valence-electron chi connectivity index (χ4n) is 1.88. The first-order chi connectivity index (χ1) is 9.54. The second-order valence-corrected chi connectivity index (χ2v) is 4.85. The number of amides is 1. The van der Waals surface area contributed by atoms with E-state index in [1.165, 1.54) is 0 Å². The van der Waals surface area contributed by atoms with Crippen molar-refractivity contribution in [1.29, 1.82) is 0 Å². The topological polar surface area (TPSA) is 67.4 Å². The van der Waals surface area contributed by atoms with Crippen LogP contribution in [0.2, 0.25) is 10.0 Å². The first-order valence-electron chi connectivity index (χ1n) is 5.93. The van der Waals surface area contributed by atoms with Gasteiger partial charge in [0.1, 0.15) is 5.57 Å². The van der Waals surface area contributed by atoms with Gasteiger partial charge in [-0.3, -0.25) is 10.2 Å². The Kier molecular flexibility index (Phi) is 4.65. The minimum Gasteiger partial charge on any atom is -0.462 e. The van der Waals surface area contributed by atoms with E-state index in [1.54, 1.807) is 25.1 Å². The molecule has 0 spiro atoms. The lowest BCUT2D eigenvalue weighted by Crippen LogP contribution is -2.46. The molecule has 1 aromatic rings. The van der Waals surface area contributed by atoms with Gasteiger partial charge in [0, 0.05) is 16.6 Å². The van der Waals surface area contributed by atoms with Crippen LogP contribution >= 0.6 is 23.2 Å². The Morgan fingerprint density at radius 3 is 2.80 bits per heavy atom. The van der Waals surface area contributed by atoms with Gasteiger partial charge in [-0.1, -0.05) is 29.3 Å². The summed E-state index contributed by atoms with van der Waals surface area (Å²) in [7, 11) is 0. The molecule has 5 nitrogen and oxygen atoms in total. The van der Waals surface area contributed by atoms with E-state index in [4.69, 9.17) is 27.9 Å². The van der Waals surface area contributed by atoms with Crippen LogP contribution in [0.1, 0.15) is 12.5 Å². The molecule has 0 aromatic heterocycles. The first-order valence-corrected chi connectivity index (χ1v) is 6.69. The Balaban J connectivity index is 2.55. The summed E-state index contributed by atoms with van der Waals surface area (Å²) in [6.45, 7) is 2.12. The summed E-state index contributed by atoms with van der Waals surface area (Å²) in [5.74, 6) is -1.22. The number of esters is 1. The van der Waals surface area contributed by atoms with E-state index in [0.29, 0.717) is 21.2 Å². The highest BCUT2D eigenvalue weighted by molar-refractivity contribution is 6.36. The Hall–Kier alpha value is -1.56. The molecule has 1 aliphatic rings. The third-order valence-corrected chi connectivity index (χ3v) is 3.28. The summed E-state index contributed by atoms with van der Waals surface area (Å²) in [6.07, 6.45) is 0. The molecule has 1 aliphatic heterocycles. The molecular formula is C13H12Cl2N2O3. The van der Waals surface area contributed by atoms with Crippen molar-refractivity contribution < 1.29 is 14.3 Å². The lowest BCUT2D eigenvalue weighted by Gasteiger charge is -2.21.